The van der Waals surface area contributed by atoms with Crippen LogP contribution < -0.4 is 5.32 Å². The van der Waals surface area contributed by atoms with Gasteiger partial charge >= 0.3 is 0 Å². The smallest absolute Gasteiger partial charge is 0.260 e. The van der Waals surface area contributed by atoms with Gasteiger partial charge in [-0.3, -0.25) is 4.79 Å². The summed E-state index contributed by atoms with van der Waals surface area (Å²) in [5.41, 5.74) is 3.70. The van der Waals surface area contributed by atoms with E-state index >= 15 is 0 Å². The van der Waals surface area contributed by atoms with E-state index in [0.717, 1.165) is 17.0 Å². The number of aromatic nitrogens is 1. The number of carbonyl (C=O) groups is 1. The molecule has 0 aliphatic carbocycles. The lowest BCUT2D eigenvalue weighted by Crippen LogP contribution is -2.05. The minimum absolute atomic E-state index is 0.285. The minimum atomic E-state index is -0.397. The third-order valence-corrected chi connectivity index (χ3v) is 3.76. The van der Waals surface area contributed by atoms with Crippen LogP contribution in [-0.2, 0) is 16.1 Å². The number of hydrogen-bond acceptors (Lipinski definition) is 3. The van der Waals surface area contributed by atoms with Crippen molar-refractivity contribution >= 4 is 29.0 Å². The lowest BCUT2D eigenvalue weighted by atomic mass is 10.0. The largest absolute Gasteiger partial charge is 0.486 e. The molecule has 2 aliphatic rings. The number of ether oxygens (including phenoxy) is 1. The van der Waals surface area contributed by atoms with Crippen LogP contribution >= 0.6 is 0 Å². The molecule has 1 amide bonds. The number of rotatable bonds is 1. The molecule has 0 saturated carbocycles. The lowest BCUT2D eigenvalue weighted by molar-refractivity contribution is -0.110. The highest BCUT2D eigenvalue weighted by Gasteiger charge is 2.33. The van der Waals surface area contributed by atoms with Crippen LogP contribution in [0.2, 0.25) is 0 Å². The summed E-state index contributed by atoms with van der Waals surface area (Å²) in [5, 5.41) is 2.72. The molecular formula is C17H11FN2O2. The van der Waals surface area contributed by atoms with Crippen LogP contribution in [0, 0.1) is 5.82 Å². The second kappa shape index (κ2) is 4.53. The van der Waals surface area contributed by atoms with Crippen molar-refractivity contribution in [2.75, 3.05) is 5.32 Å². The maximum atomic E-state index is 13.5. The van der Waals surface area contributed by atoms with Gasteiger partial charge in [-0.25, -0.2) is 9.37 Å². The summed E-state index contributed by atoms with van der Waals surface area (Å²) in [6, 6.07) is 7.85. The van der Waals surface area contributed by atoms with E-state index in [1.807, 2.05) is 6.07 Å². The standard InChI is InChI=1S/C17H11FN2O2/c1-2-10-4-5-11-14(19-10)8-22-16(11)15-12-7-9(18)3-6-13(12)20-17(15)21/h2-7H,1,8H2,(H,20,21)/b16-15+. The van der Waals surface area contributed by atoms with Crippen molar-refractivity contribution in [3.63, 3.8) is 0 Å². The molecule has 1 aromatic carbocycles. The van der Waals surface area contributed by atoms with Gasteiger partial charge in [-0.1, -0.05) is 6.58 Å². The van der Waals surface area contributed by atoms with Crippen molar-refractivity contribution in [1.29, 1.82) is 0 Å². The Hall–Kier alpha value is -2.95. The molecule has 0 unspecified atom stereocenters. The van der Waals surface area contributed by atoms with Crippen molar-refractivity contribution in [3.8, 4) is 0 Å². The minimum Gasteiger partial charge on any atom is -0.486 e. The van der Waals surface area contributed by atoms with E-state index in [1.54, 1.807) is 18.2 Å². The molecule has 1 N–H and O–H groups in total. The van der Waals surface area contributed by atoms with E-state index in [4.69, 9.17) is 4.74 Å². The van der Waals surface area contributed by atoms with Crippen molar-refractivity contribution in [2.24, 2.45) is 0 Å². The fourth-order valence-electron chi connectivity index (χ4n) is 2.74. The number of nitrogens with one attached hydrogen (secondary N) is 1. The Morgan fingerprint density at radius 1 is 1.27 bits per heavy atom. The highest BCUT2D eigenvalue weighted by molar-refractivity contribution is 6.36. The molecule has 0 saturated heterocycles. The van der Waals surface area contributed by atoms with Crippen LogP contribution in [0.4, 0.5) is 10.1 Å². The first-order valence-corrected chi connectivity index (χ1v) is 6.78. The highest BCUT2D eigenvalue weighted by atomic mass is 19.1. The highest BCUT2D eigenvalue weighted by Crippen LogP contribution is 2.41. The number of anilines is 1. The number of halogens is 1. The fraction of sp³-hybridized carbons (Fsp3) is 0.0588. The van der Waals surface area contributed by atoms with E-state index in [1.165, 1.54) is 12.1 Å². The summed E-state index contributed by atoms with van der Waals surface area (Å²) in [7, 11) is 0. The summed E-state index contributed by atoms with van der Waals surface area (Å²) in [5.74, 6) is -0.247. The predicted octanol–water partition coefficient (Wildman–Crippen LogP) is 3.21. The zero-order chi connectivity index (χ0) is 15.3. The number of carbonyl (C=O) groups excluding carboxylic acids is 1. The number of nitrogens with zero attached hydrogens (tertiary/aromatic N) is 1. The zero-order valence-corrected chi connectivity index (χ0v) is 11.5. The molecule has 0 bridgehead atoms. The molecule has 22 heavy (non-hydrogen) atoms. The number of fused-ring (bicyclic) bond motifs is 2. The Balaban J connectivity index is 1.93. The van der Waals surface area contributed by atoms with E-state index in [0.29, 0.717) is 22.6 Å². The third-order valence-electron chi connectivity index (χ3n) is 3.76. The van der Waals surface area contributed by atoms with E-state index in [-0.39, 0.29) is 12.5 Å². The van der Waals surface area contributed by atoms with Gasteiger partial charge < -0.3 is 10.1 Å². The van der Waals surface area contributed by atoms with Gasteiger partial charge in [0.2, 0.25) is 0 Å². The molecule has 0 radical (unpaired) electrons. The molecule has 3 heterocycles. The van der Waals surface area contributed by atoms with Crippen molar-refractivity contribution < 1.29 is 13.9 Å². The molecule has 0 fully saturated rings. The van der Waals surface area contributed by atoms with Gasteiger partial charge in [0.05, 0.1) is 17.0 Å². The second-order valence-corrected chi connectivity index (χ2v) is 5.07. The lowest BCUT2D eigenvalue weighted by Gasteiger charge is -2.05. The van der Waals surface area contributed by atoms with E-state index in [9.17, 15) is 9.18 Å². The van der Waals surface area contributed by atoms with Crippen LogP contribution in [0.15, 0.2) is 36.9 Å². The molecule has 0 spiro atoms. The van der Waals surface area contributed by atoms with Crippen LogP contribution in [0.5, 0.6) is 0 Å². The molecule has 4 rings (SSSR count). The summed E-state index contributed by atoms with van der Waals surface area (Å²) in [6.07, 6.45) is 1.65. The first-order valence-electron chi connectivity index (χ1n) is 6.78. The van der Waals surface area contributed by atoms with Gasteiger partial charge in [0.1, 0.15) is 18.2 Å². The average molecular weight is 294 g/mol. The van der Waals surface area contributed by atoms with Gasteiger partial charge in [0.15, 0.2) is 0 Å². The topological polar surface area (TPSA) is 51.2 Å². The maximum absolute atomic E-state index is 13.5. The number of amides is 1. The normalized spacial score (nSPS) is 18.5. The number of pyridine rings is 1. The van der Waals surface area contributed by atoms with Crippen LogP contribution in [0.3, 0.4) is 0 Å². The van der Waals surface area contributed by atoms with Crippen molar-refractivity contribution in [3.05, 3.63) is 65.2 Å². The summed E-state index contributed by atoms with van der Waals surface area (Å²) < 4.78 is 19.2. The van der Waals surface area contributed by atoms with Crippen molar-refractivity contribution in [1.82, 2.24) is 4.98 Å². The van der Waals surface area contributed by atoms with E-state index in [2.05, 4.69) is 16.9 Å². The van der Waals surface area contributed by atoms with Crippen LogP contribution in [-0.4, -0.2) is 10.9 Å². The Bertz CT molecular complexity index is 871. The molecule has 2 aliphatic heterocycles. The maximum Gasteiger partial charge on any atom is 0.260 e. The van der Waals surface area contributed by atoms with Gasteiger partial charge in [0, 0.05) is 16.8 Å². The Kier molecular flexibility index (Phi) is 2.63. The van der Waals surface area contributed by atoms with Gasteiger partial charge in [0.25, 0.3) is 5.91 Å². The number of benzene rings is 1. The van der Waals surface area contributed by atoms with Crippen molar-refractivity contribution in [2.45, 2.75) is 6.61 Å². The quantitative estimate of drug-likeness (QED) is 0.822. The molecule has 1 aromatic heterocycles. The fourth-order valence-corrected chi connectivity index (χ4v) is 2.74. The Morgan fingerprint density at radius 3 is 2.95 bits per heavy atom. The summed E-state index contributed by atoms with van der Waals surface area (Å²) in [4.78, 5) is 16.7. The molecule has 5 heteroatoms. The van der Waals surface area contributed by atoms with Gasteiger partial charge in [-0.2, -0.15) is 0 Å². The SMILES string of the molecule is C=Cc1ccc2c(n1)CO/C2=C1/C(=O)Nc2ccc(F)cc21. The van der Waals surface area contributed by atoms with Crippen LogP contribution in [0.1, 0.15) is 22.5 Å². The number of hydrogen-bond donors (Lipinski definition) is 1. The summed E-state index contributed by atoms with van der Waals surface area (Å²) in [6.45, 7) is 3.97. The Labute approximate surface area is 125 Å². The monoisotopic (exact) mass is 294 g/mol. The van der Waals surface area contributed by atoms with Crippen LogP contribution in [0.25, 0.3) is 17.4 Å². The molecule has 4 nitrogen and oxygen atoms in total. The predicted molar refractivity (Wildman–Crippen MR) is 81.0 cm³/mol. The molecule has 2 aromatic rings. The Morgan fingerprint density at radius 2 is 2.14 bits per heavy atom. The molecular weight excluding hydrogens is 283 g/mol. The second-order valence-electron chi connectivity index (χ2n) is 5.07. The zero-order valence-electron chi connectivity index (χ0n) is 11.5. The average Bonchev–Trinajstić information content (AvgIpc) is 3.06. The molecule has 0 atom stereocenters. The van der Waals surface area contributed by atoms with Gasteiger partial charge in [-0.15, -0.1) is 0 Å². The molecule has 108 valence electrons. The van der Waals surface area contributed by atoms with Gasteiger partial charge in [-0.05, 0) is 36.4 Å². The first-order chi connectivity index (χ1) is 10.7. The van der Waals surface area contributed by atoms with E-state index < -0.39 is 5.82 Å². The first kappa shape index (κ1) is 12.8. The third kappa shape index (κ3) is 1.75. The summed E-state index contributed by atoms with van der Waals surface area (Å²) >= 11 is 0.